The van der Waals surface area contributed by atoms with Crippen LogP contribution in [0.1, 0.15) is 18.5 Å². The molecule has 0 spiro atoms. The molecule has 1 aromatic rings. The monoisotopic (exact) mass is 338 g/mol. The molecule has 1 heterocycles. The number of Topliss-reactive ketones (excluding diaryl/α,β-unsaturated/α-hetero) is 1. The number of ketones is 1. The number of hydrogen-bond acceptors (Lipinski definition) is 3. The first-order valence-electron chi connectivity index (χ1n) is 6.30. The van der Waals surface area contributed by atoms with E-state index >= 15 is 0 Å². The average molecular weight is 338 g/mol. The van der Waals surface area contributed by atoms with Crippen LogP contribution in [0.3, 0.4) is 0 Å². The highest BCUT2D eigenvalue weighted by Gasteiger charge is 2.65. The second-order valence-corrected chi connectivity index (χ2v) is 5.10. The Morgan fingerprint density at radius 2 is 1.87 bits per heavy atom. The number of rotatable bonds is 2. The van der Waals surface area contributed by atoms with Crippen molar-refractivity contribution in [3.63, 3.8) is 0 Å². The maximum Gasteiger partial charge on any atom is 0.437 e. The van der Waals surface area contributed by atoms with Crippen LogP contribution in [0.15, 0.2) is 18.2 Å². The number of benzene rings is 1. The van der Waals surface area contributed by atoms with Crippen molar-refractivity contribution in [3.8, 4) is 0 Å². The number of aliphatic hydroxyl groups is 1. The van der Waals surface area contributed by atoms with Gasteiger partial charge in [-0.3, -0.25) is 4.79 Å². The Kier molecular flexibility index (Phi) is 4.05. The first-order valence-corrected chi connectivity index (χ1v) is 6.30. The Hall–Kier alpha value is -2.23. The molecule has 2 amide bonds. The van der Waals surface area contributed by atoms with Crippen LogP contribution in [0.5, 0.6) is 0 Å². The first-order chi connectivity index (χ1) is 10.5. The predicted molar refractivity (Wildman–Crippen MR) is 65.9 cm³/mol. The van der Waals surface area contributed by atoms with Gasteiger partial charge in [-0.1, -0.05) is 6.07 Å². The number of halogens is 5. The van der Waals surface area contributed by atoms with Gasteiger partial charge in [-0.2, -0.15) is 13.2 Å². The minimum Gasteiger partial charge on any atom is -0.363 e. The summed E-state index contributed by atoms with van der Waals surface area (Å²) in [5.41, 5.74) is -4.13. The molecule has 0 radical (unpaired) electrons. The van der Waals surface area contributed by atoms with Gasteiger partial charge in [0.05, 0.1) is 12.0 Å². The zero-order chi connectivity index (χ0) is 17.6. The lowest BCUT2D eigenvalue weighted by Gasteiger charge is -2.44. The van der Waals surface area contributed by atoms with E-state index in [1.807, 2.05) is 5.32 Å². The second kappa shape index (κ2) is 5.44. The predicted octanol–water partition coefficient (Wildman–Crippen LogP) is 1.77. The molecule has 10 heteroatoms. The van der Waals surface area contributed by atoms with Crippen LogP contribution in [0, 0.1) is 17.6 Å². The summed E-state index contributed by atoms with van der Waals surface area (Å²) in [4.78, 5) is 23.2. The summed E-state index contributed by atoms with van der Waals surface area (Å²) in [6.45, 7) is 0.785. The maximum atomic E-state index is 13.3. The molecule has 1 aliphatic heterocycles. The number of amides is 2. The van der Waals surface area contributed by atoms with Crippen molar-refractivity contribution in [1.29, 1.82) is 0 Å². The zero-order valence-corrected chi connectivity index (χ0v) is 11.5. The van der Waals surface area contributed by atoms with E-state index < -0.39 is 47.3 Å². The quantitative estimate of drug-likeness (QED) is 0.719. The van der Waals surface area contributed by atoms with Crippen molar-refractivity contribution in [3.05, 3.63) is 35.4 Å². The van der Waals surface area contributed by atoms with E-state index in [4.69, 9.17) is 0 Å². The van der Waals surface area contributed by atoms with Gasteiger partial charge < -0.3 is 15.7 Å². The zero-order valence-electron chi connectivity index (χ0n) is 11.5. The Bertz CT molecular complexity index is 664. The summed E-state index contributed by atoms with van der Waals surface area (Å²) < 4.78 is 65.8. The Labute approximate surface area is 126 Å². The van der Waals surface area contributed by atoms with Crippen molar-refractivity contribution in [1.82, 2.24) is 10.6 Å². The van der Waals surface area contributed by atoms with Gasteiger partial charge in [-0.25, -0.2) is 13.6 Å². The van der Waals surface area contributed by atoms with Gasteiger partial charge in [-0.15, -0.1) is 0 Å². The number of urea groups is 1. The molecule has 0 aliphatic carbocycles. The molecule has 0 unspecified atom stereocenters. The van der Waals surface area contributed by atoms with E-state index in [1.54, 1.807) is 0 Å². The molecule has 1 fully saturated rings. The van der Waals surface area contributed by atoms with Gasteiger partial charge in [0.2, 0.25) is 5.72 Å². The number of alkyl halides is 3. The van der Waals surface area contributed by atoms with Crippen molar-refractivity contribution in [2.75, 3.05) is 0 Å². The van der Waals surface area contributed by atoms with Crippen LogP contribution in [0.2, 0.25) is 0 Å². The summed E-state index contributed by atoms with van der Waals surface area (Å²) in [5.74, 6) is -5.91. The molecular weight excluding hydrogens is 327 g/mol. The summed E-state index contributed by atoms with van der Waals surface area (Å²) in [7, 11) is 0. The van der Waals surface area contributed by atoms with E-state index in [-0.39, 0.29) is 5.56 Å². The molecule has 0 saturated carbocycles. The molecular formula is C13H11F5N2O3. The Morgan fingerprint density at radius 3 is 2.35 bits per heavy atom. The summed E-state index contributed by atoms with van der Waals surface area (Å²) in [6, 6.07) is -0.984. The first kappa shape index (κ1) is 17.1. The lowest BCUT2D eigenvalue weighted by atomic mass is 9.79. The molecule has 1 saturated heterocycles. The lowest BCUT2D eigenvalue weighted by molar-refractivity contribution is -0.290. The summed E-state index contributed by atoms with van der Waals surface area (Å²) in [5, 5.41) is 13.2. The molecule has 3 N–H and O–H groups in total. The van der Waals surface area contributed by atoms with Crippen LogP contribution < -0.4 is 10.6 Å². The topological polar surface area (TPSA) is 78.4 Å². The molecule has 1 aromatic carbocycles. The molecule has 0 aromatic heterocycles. The number of nitrogens with one attached hydrogen (secondary N) is 2. The van der Waals surface area contributed by atoms with Gasteiger partial charge in [0.15, 0.2) is 11.6 Å². The standard InChI is InChI=1S/C13H11F5N2O3/c1-5(21)9-10(6-2-3-7(14)8(15)4-6)19-11(22)20-12(9,23)13(16,17)18/h2-4,9-10,23H,1H3,(H2,19,20,22)/t9-,10-,12+/m0/s1. The SMILES string of the molecule is CC(=O)[C@H]1[C@H](c2ccc(F)c(F)c2)NC(=O)N[C@]1(O)C(F)(F)F. The number of carbonyl (C=O) groups is 2. The van der Waals surface area contributed by atoms with E-state index in [0.717, 1.165) is 13.0 Å². The highest BCUT2D eigenvalue weighted by Crippen LogP contribution is 2.42. The largest absolute Gasteiger partial charge is 0.437 e. The third kappa shape index (κ3) is 2.85. The molecule has 5 nitrogen and oxygen atoms in total. The molecule has 2 rings (SSSR count). The third-order valence-electron chi connectivity index (χ3n) is 3.55. The fraction of sp³-hybridized carbons (Fsp3) is 0.385. The average Bonchev–Trinajstić information content (AvgIpc) is 2.39. The van der Waals surface area contributed by atoms with E-state index in [2.05, 4.69) is 0 Å². The third-order valence-corrected chi connectivity index (χ3v) is 3.55. The Morgan fingerprint density at radius 1 is 1.26 bits per heavy atom. The van der Waals surface area contributed by atoms with Gasteiger partial charge in [0.25, 0.3) is 0 Å². The van der Waals surface area contributed by atoms with Crippen LogP contribution in [-0.2, 0) is 4.79 Å². The lowest BCUT2D eigenvalue weighted by Crippen LogP contribution is -2.72. The summed E-state index contributed by atoms with van der Waals surface area (Å²) >= 11 is 0. The van der Waals surface area contributed by atoms with E-state index in [0.29, 0.717) is 12.1 Å². The minimum absolute atomic E-state index is 0.290. The highest BCUT2D eigenvalue weighted by molar-refractivity contribution is 5.86. The van der Waals surface area contributed by atoms with Crippen molar-refractivity contribution < 1.29 is 36.6 Å². The van der Waals surface area contributed by atoms with Gasteiger partial charge >= 0.3 is 12.2 Å². The molecule has 1 aliphatic rings. The van der Waals surface area contributed by atoms with Gasteiger partial charge in [-0.05, 0) is 24.6 Å². The smallest absolute Gasteiger partial charge is 0.363 e. The van der Waals surface area contributed by atoms with Crippen molar-refractivity contribution >= 4 is 11.8 Å². The minimum atomic E-state index is -5.36. The van der Waals surface area contributed by atoms with Crippen molar-refractivity contribution in [2.45, 2.75) is 24.9 Å². The van der Waals surface area contributed by atoms with E-state index in [1.165, 1.54) is 5.32 Å². The molecule has 3 atom stereocenters. The fourth-order valence-electron chi connectivity index (χ4n) is 2.51. The van der Waals surface area contributed by atoms with Crippen molar-refractivity contribution in [2.24, 2.45) is 5.92 Å². The number of carbonyl (C=O) groups excluding carboxylic acids is 2. The van der Waals surface area contributed by atoms with Gasteiger partial charge in [0.1, 0.15) is 5.78 Å². The molecule has 126 valence electrons. The van der Waals surface area contributed by atoms with Crippen LogP contribution >= 0.6 is 0 Å². The Balaban J connectivity index is 2.58. The number of hydrogen-bond donors (Lipinski definition) is 3. The summed E-state index contributed by atoms with van der Waals surface area (Å²) in [6.07, 6.45) is -5.36. The van der Waals surface area contributed by atoms with Crippen LogP contribution in [0.25, 0.3) is 0 Å². The fourth-order valence-corrected chi connectivity index (χ4v) is 2.51. The highest BCUT2D eigenvalue weighted by atomic mass is 19.4. The van der Waals surface area contributed by atoms with Gasteiger partial charge in [0, 0.05) is 0 Å². The van der Waals surface area contributed by atoms with E-state index in [9.17, 15) is 36.6 Å². The molecule has 0 bridgehead atoms. The molecule has 23 heavy (non-hydrogen) atoms. The maximum absolute atomic E-state index is 13.3. The normalized spacial score (nSPS) is 28.0. The van der Waals surface area contributed by atoms with Crippen LogP contribution in [-0.4, -0.2) is 28.8 Å². The van der Waals surface area contributed by atoms with Crippen LogP contribution in [0.4, 0.5) is 26.7 Å². The second-order valence-electron chi connectivity index (χ2n) is 5.10.